The van der Waals surface area contributed by atoms with E-state index in [0.29, 0.717) is 11.4 Å². The highest BCUT2D eigenvalue weighted by atomic mass is 19.1. The van der Waals surface area contributed by atoms with Crippen molar-refractivity contribution in [1.29, 1.82) is 0 Å². The average Bonchev–Trinajstić information content (AvgIpc) is 2.27. The van der Waals surface area contributed by atoms with Crippen LogP contribution in [0.5, 0.6) is 0 Å². The molecule has 2 N–H and O–H groups in total. The van der Waals surface area contributed by atoms with Gasteiger partial charge in [-0.05, 0) is 12.1 Å². The molecule has 3 nitrogen and oxygen atoms in total. The van der Waals surface area contributed by atoms with Gasteiger partial charge >= 0.3 is 0 Å². The monoisotopic (exact) mass is 150 g/mol. The van der Waals surface area contributed by atoms with Crippen LogP contribution in [0.15, 0.2) is 23.2 Å². The first-order valence-electron chi connectivity index (χ1n) is 3.11. The second kappa shape index (κ2) is 1.95. The van der Waals surface area contributed by atoms with Crippen LogP contribution >= 0.6 is 0 Å². The summed E-state index contributed by atoms with van der Waals surface area (Å²) in [5.41, 5.74) is 6.43. The minimum absolute atomic E-state index is 0.186. The van der Waals surface area contributed by atoms with E-state index in [2.05, 4.69) is 10.3 Å². The fourth-order valence-corrected chi connectivity index (χ4v) is 0.953. The highest BCUT2D eigenvalue weighted by Gasteiger charge is 2.12. The summed E-state index contributed by atoms with van der Waals surface area (Å²) in [6.07, 6.45) is 0. The smallest absolute Gasteiger partial charge is 0.221 e. The summed E-state index contributed by atoms with van der Waals surface area (Å²) in [4.78, 5) is 3.80. The molecule has 1 radical (unpaired) electrons. The van der Waals surface area contributed by atoms with Gasteiger partial charge < -0.3 is 5.73 Å². The second-order valence-corrected chi connectivity index (χ2v) is 2.21. The first-order valence-corrected chi connectivity index (χ1v) is 3.11. The summed E-state index contributed by atoms with van der Waals surface area (Å²) >= 11 is 0. The van der Waals surface area contributed by atoms with Gasteiger partial charge in [0.25, 0.3) is 0 Å². The Hall–Kier alpha value is -1.58. The van der Waals surface area contributed by atoms with Gasteiger partial charge in [-0.25, -0.2) is 14.7 Å². The molecular weight excluding hydrogens is 145 g/mol. The van der Waals surface area contributed by atoms with Crippen LogP contribution in [-0.4, -0.2) is 5.96 Å². The maximum atomic E-state index is 12.5. The standard InChI is InChI=1S/C7H5FN3/c8-4-1-2-5-6(3-4)11-7(9)10-5/h1-3H,(H2,9,11). The fourth-order valence-electron chi connectivity index (χ4n) is 0.953. The van der Waals surface area contributed by atoms with E-state index >= 15 is 0 Å². The van der Waals surface area contributed by atoms with E-state index in [9.17, 15) is 4.39 Å². The van der Waals surface area contributed by atoms with E-state index < -0.39 is 0 Å². The topological polar surface area (TPSA) is 52.5 Å². The Kier molecular flexibility index (Phi) is 1.09. The molecule has 1 aliphatic heterocycles. The van der Waals surface area contributed by atoms with Gasteiger partial charge in [0.15, 0.2) is 0 Å². The maximum Gasteiger partial charge on any atom is 0.221 e. The van der Waals surface area contributed by atoms with Crippen LogP contribution < -0.4 is 11.1 Å². The van der Waals surface area contributed by atoms with Crippen LogP contribution in [0.25, 0.3) is 0 Å². The summed E-state index contributed by atoms with van der Waals surface area (Å²) in [7, 11) is 0. The quantitative estimate of drug-likeness (QED) is 0.589. The van der Waals surface area contributed by atoms with Crippen molar-refractivity contribution in [2.24, 2.45) is 10.7 Å². The lowest BCUT2D eigenvalue weighted by atomic mass is 10.3. The van der Waals surface area contributed by atoms with E-state index in [1.165, 1.54) is 12.1 Å². The molecule has 1 heterocycles. The van der Waals surface area contributed by atoms with Crippen molar-refractivity contribution in [3.8, 4) is 0 Å². The Morgan fingerprint density at radius 1 is 1.27 bits per heavy atom. The lowest BCUT2D eigenvalue weighted by molar-refractivity contribution is 0.628. The number of benzene rings is 1. The molecule has 0 saturated carbocycles. The van der Waals surface area contributed by atoms with Gasteiger partial charge in [-0.3, -0.25) is 0 Å². The van der Waals surface area contributed by atoms with Gasteiger partial charge in [-0.2, -0.15) is 0 Å². The molecule has 0 unspecified atom stereocenters. The van der Waals surface area contributed by atoms with Crippen molar-refractivity contribution in [2.45, 2.75) is 0 Å². The van der Waals surface area contributed by atoms with E-state index in [1.807, 2.05) is 0 Å². The predicted molar refractivity (Wildman–Crippen MR) is 39.5 cm³/mol. The largest absolute Gasteiger partial charge is 0.368 e. The number of nitrogens with zero attached hydrogens (tertiary/aromatic N) is 2. The van der Waals surface area contributed by atoms with Crippen LogP contribution in [0.3, 0.4) is 0 Å². The Balaban J connectivity index is 2.54. The molecule has 1 aromatic rings. The third kappa shape index (κ3) is 0.920. The summed E-state index contributed by atoms with van der Waals surface area (Å²) in [6, 6.07) is 4.18. The van der Waals surface area contributed by atoms with Crippen molar-refractivity contribution in [2.75, 3.05) is 0 Å². The van der Waals surface area contributed by atoms with Crippen LogP contribution in [0.1, 0.15) is 0 Å². The van der Waals surface area contributed by atoms with Gasteiger partial charge in [0, 0.05) is 6.07 Å². The van der Waals surface area contributed by atoms with Crippen LogP contribution in [0.2, 0.25) is 0 Å². The molecule has 11 heavy (non-hydrogen) atoms. The summed E-state index contributed by atoms with van der Waals surface area (Å²) in [5.74, 6) is -0.136. The first kappa shape index (κ1) is 6.15. The number of hydrogen-bond donors (Lipinski definition) is 1. The third-order valence-corrected chi connectivity index (χ3v) is 1.41. The fraction of sp³-hybridized carbons (Fsp3) is 0. The lowest BCUT2D eigenvalue weighted by Crippen LogP contribution is -2.16. The predicted octanol–water partition coefficient (Wildman–Crippen LogP) is 1.02. The Morgan fingerprint density at radius 3 is 2.91 bits per heavy atom. The lowest BCUT2D eigenvalue weighted by Gasteiger charge is -1.93. The zero-order chi connectivity index (χ0) is 7.84. The summed E-state index contributed by atoms with van der Waals surface area (Å²) < 4.78 is 12.5. The second-order valence-electron chi connectivity index (χ2n) is 2.21. The Bertz CT molecular complexity index is 332. The Labute approximate surface area is 62.7 Å². The minimum Gasteiger partial charge on any atom is -0.368 e. The van der Waals surface area contributed by atoms with Gasteiger partial charge in [0.05, 0.1) is 11.4 Å². The van der Waals surface area contributed by atoms with Crippen molar-refractivity contribution in [3.63, 3.8) is 0 Å². The minimum atomic E-state index is -0.322. The summed E-state index contributed by atoms with van der Waals surface area (Å²) in [6.45, 7) is 0. The molecule has 0 bridgehead atoms. The number of rotatable bonds is 0. The number of fused-ring (bicyclic) bond motifs is 1. The number of hydrogen-bond acceptors (Lipinski definition) is 2. The van der Waals surface area contributed by atoms with Crippen molar-refractivity contribution < 1.29 is 4.39 Å². The molecule has 0 aromatic heterocycles. The van der Waals surface area contributed by atoms with Gasteiger partial charge in [-0.1, -0.05) is 0 Å². The molecule has 4 heteroatoms. The highest BCUT2D eigenvalue weighted by molar-refractivity contribution is 5.93. The molecule has 0 fully saturated rings. The average molecular weight is 150 g/mol. The first-order chi connectivity index (χ1) is 5.25. The van der Waals surface area contributed by atoms with Gasteiger partial charge in [0.1, 0.15) is 5.82 Å². The molecule has 2 rings (SSSR count). The zero-order valence-electron chi connectivity index (χ0n) is 5.58. The molecule has 0 atom stereocenters. The SMILES string of the molecule is NC1=Nc2cc(F)ccc2[N]1. The van der Waals surface area contributed by atoms with E-state index in [0.717, 1.165) is 0 Å². The summed E-state index contributed by atoms with van der Waals surface area (Å²) in [5, 5.41) is 3.85. The van der Waals surface area contributed by atoms with Crippen LogP contribution in [0.4, 0.5) is 15.8 Å². The molecular formula is C7H5FN3. The van der Waals surface area contributed by atoms with Crippen molar-refractivity contribution in [1.82, 2.24) is 5.32 Å². The van der Waals surface area contributed by atoms with Crippen molar-refractivity contribution >= 4 is 17.3 Å². The molecule has 55 valence electrons. The number of nitrogens with two attached hydrogens (primary N) is 1. The maximum absolute atomic E-state index is 12.5. The van der Waals surface area contributed by atoms with E-state index in [1.54, 1.807) is 6.07 Å². The Morgan fingerprint density at radius 2 is 2.09 bits per heavy atom. The van der Waals surface area contributed by atoms with E-state index in [4.69, 9.17) is 5.73 Å². The molecule has 0 aliphatic carbocycles. The van der Waals surface area contributed by atoms with Crippen molar-refractivity contribution in [3.05, 3.63) is 24.0 Å². The molecule has 0 saturated heterocycles. The molecule has 1 aromatic carbocycles. The number of aliphatic imine (C=N–C) groups is 1. The molecule has 1 aliphatic rings. The molecule has 0 amide bonds. The normalized spacial score (nSPS) is 13.7. The van der Waals surface area contributed by atoms with Gasteiger partial charge in [0.2, 0.25) is 5.96 Å². The van der Waals surface area contributed by atoms with Gasteiger partial charge in [-0.15, -0.1) is 0 Å². The van der Waals surface area contributed by atoms with Crippen LogP contribution in [0, 0.1) is 5.82 Å². The van der Waals surface area contributed by atoms with E-state index in [-0.39, 0.29) is 11.8 Å². The molecule has 0 spiro atoms. The third-order valence-electron chi connectivity index (χ3n) is 1.41. The number of guanidine groups is 1. The van der Waals surface area contributed by atoms with Crippen LogP contribution in [-0.2, 0) is 0 Å². The number of halogens is 1. The zero-order valence-corrected chi connectivity index (χ0v) is 5.58. The highest BCUT2D eigenvalue weighted by Crippen LogP contribution is 2.29.